The molecule has 0 saturated carbocycles. The minimum Gasteiger partial charge on any atom is -0.387 e. The Balaban J connectivity index is 2.23. The summed E-state index contributed by atoms with van der Waals surface area (Å²) in [5.41, 5.74) is 1.46. The number of aliphatic hydroxyl groups is 1. The minimum absolute atomic E-state index is 0.268. The molecule has 1 aliphatic rings. The lowest BCUT2D eigenvalue weighted by atomic mass is 10.1. The van der Waals surface area contributed by atoms with Crippen LogP contribution in [-0.4, -0.2) is 10.9 Å². The van der Waals surface area contributed by atoms with Crippen molar-refractivity contribution in [1.29, 1.82) is 0 Å². The van der Waals surface area contributed by atoms with Gasteiger partial charge in [0.25, 0.3) is 0 Å². The lowest BCUT2D eigenvalue weighted by molar-refractivity contribution is 0.130. The van der Waals surface area contributed by atoms with E-state index in [-0.39, 0.29) is 6.10 Å². The highest BCUT2D eigenvalue weighted by molar-refractivity contribution is 7.98. The number of thioether (sulfide) groups is 1. The first-order chi connectivity index (χ1) is 6.68. The molecule has 0 aliphatic carbocycles. The predicted molar refractivity (Wildman–Crippen MR) is 64.0 cm³/mol. The van der Waals surface area contributed by atoms with E-state index >= 15 is 0 Å². The quantitative estimate of drug-likeness (QED) is 0.838. The van der Waals surface area contributed by atoms with Crippen LogP contribution >= 0.6 is 23.1 Å². The van der Waals surface area contributed by atoms with E-state index in [1.54, 1.807) is 0 Å². The van der Waals surface area contributed by atoms with E-state index in [1.165, 1.54) is 22.6 Å². The maximum atomic E-state index is 9.95. The Hall–Kier alpha value is 0.01000. The van der Waals surface area contributed by atoms with Crippen LogP contribution in [0.25, 0.3) is 0 Å². The number of hydrogen-bond acceptors (Lipinski definition) is 3. The molecule has 0 spiro atoms. The van der Waals surface area contributed by atoms with Crippen LogP contribution < -0.4 is 0 Å². The third-order valence-electron chi connectivity index (χ3n) is 2.57. The highest BCUT2D eigenvalue weighted by atomic mass is 32.2. The van der Waals surface area contributed by atoms with Crippen LogP contribution in [0.3, 0.4) is 0 Å². The van der Waals surface area contributed by atoms with Gasteiger partial charge >= 0.3 is 0 Å². The molecule has 1 N–H and O–H groups in total. The molecule has 1 aromatic heterocycles. The second kappa shape index (κ2) is 4.25. The van der Waals surface area contributed by atoms with Crippen molar-refractivity contribution in [3.05, 3.63) is 21.4 Å². The van der Waals surface area contributed by atoms with E-state index in [1.807, 2.05) is 23.1 Å². The van der Waals surface area contributed by atoms with Gasteiger partial charge in [0.05, 0.1) is 6.10 Å². The van der Waals surface area contributed by atoms with E-state index in [0.717, 1.165) is 10.6 Å². The number of fused-ring (bicyclic) bond motifs is 1. The monoisotopic (exact) mass is 228 g/mol. The summed E-state index contributed by atoms with van der Waals surface area (Å²) in [6, 6.07) is 2.21. The van der Waals surface area contributed by atoms with Crippen LogP contribution in [0.2, 0.25) is 0 Å². The van der Waals surface area contributed by atoms with Crippen molar-refractivity contribution in [2.45, 2.75) is 32.1 Å². The zero-order valence-corrected chi connectivity index (χ0v) is 10.3. The molecule has 1 aromatic rings. The van der Waals surface area contributed by atoms with Crippen LogP contribution in [0, 0.1) is 5.92 Å². The van der Waals surface area contributed by atoms with Crippen molar-refractivity contribution in [2.75, 3.05) is 5.75 Å². The molecule has 0 aromatic carbocycles. The Morgan fingerprint density at radius 2 is 2.21 bits per heavy atom. The molecular weight excluding hydrogens is 212 g/mol. The number of thiophene rings is 1. The van der Waals surface area contributed by atoms with E-state index in [2.05, 4.69) is 19.9 Å². The van der Waals surface area contributed by atoms with Gasteiger partial charge < -0.3 is 5.11 Å². The van der Waals surface area contributed by atoms with Gasteiger partial charge in [-0.15, -0.1) is 11.3 Å². The molecule has 0 saturated heterocycles. The first kappa shape index (κ1) is 10.5. The van der Waals surface area contributed by atoms with E-state index in [0.29, 0.717) is 5.92 Å². The fourth-order valence-electron chi connectivity index (χ4n) is 1.64. The van der Waals surface area contributed by atoms with Gasteiger partial charge in [-0.1, -0.05) is 13.8 Å². The normalized spacial score (nSPS) is 18.3. The Morgan fingerprint density at radius 1 is 1.43 bits per heavy atom. The molecule has 0 bridgehead atoms. The molecule has 0 radical (unpaired) electrons. The molecule has 78 valence electrons. The van der Waals surface area contributed by atoms with Gasteiger partial charge in [-0.2, -0.15) is 11.8 Å². The third kappa shape index (κ3) is 2.00. The number of hydrogen-bond donors (Lipinski definition) is 1. The standard InChI is InChI=1S/C11H16OS2/c1-7(2)11(12)10-5-8-6-13-4-3-9(8)14-10/h5,7,11-12H,3-4,6H2,1-2H3. The average Bonchev–Trinajstić information content (AvgIpc) is 2.59. The van der Waals surface area contributed by atoms with Crippen LogP contribution in [0.15, 0.2) is 6.07 Å². The van der Waals surface area contributed by atoms with Gasteiger partial charge in [-0.25, -0.2) is 0 Å². The topological polar surface area (TPSA) is 20.2 Å². The van der Waals surface area contributed by atoms with Gasteiger partial charge in [-0.05, 0) is 29.7 Å². The van der Waals surface area contributed by atoms with Crippen LogP contribution in [0.5, 0.6) is 0 Å². The van der Waals surface area contributed by atoms with E-state index in [9.17, 15) is 5.11 Å². The molecule has 1 aliphatic heterocycles. The highest BCUT2D eigenvalue weighted by Crippen LogP contribution is 2.36. The van der Waals surface area contributed by atoms with Crippen LogP contribution in [0.4, 0.5) is 0 Å². The molecule has 1 nitrogen and oxygen atoms in total. The highest BCUT2D eigenvalue weighted by Gasteiger charge is 2.19. The minimum atomic E-state index is -0.268. The van der Waals surface area contributed by atoms with Crippen LogP contribution in [-0.2, 0) is 12.2 Å². The second-order valence-corrected chi connectivity index (χ2v) is 6.36. The van der Waals surface area contributed by atoms with Crippen molar-refractivity contribution in [1.82, 2.24) is 0 Å². The Morgan fingerprint density at radius 3 is 2.86 bits per heavy atom. The lowest BCUT2D eigenvalue weighted by Crippen LogP contribution is -2.02. The van der Waals surface area contributed by atoms with Gasteiger partial charge in [0.2, 0.25) is 0 Å². The second-order valence-electron chi connectivity index (χ2n) is 4.09. The number of aliphatic hydroxyl groups excluding tert-OH is 1. The number of aryl methyl sites for hydroxylation is 1. The molecule has 0 fully saturated rings. The maximum absolute atomic E-state index is 9.95. The molecule has 0 amide bonds. The lowest BCUT2D eigenvalue weighted by Gasteiger charge is -2.11. The summed E-state index contributed by atoms with van der Waals surface area (Å²) in [5.74, 6) is 2.70. The average molecular weight is 228 g/mol. The van der Waals surface area contributed by atoms with Crippen molar-refractivity contribution in [3.63, 3.8) is 0 Å². The summed E-state index contributed by atoms with van der Waals surface area (Å²) in [5, 5.41) is 9.95. The summed E-state index contributed by atoms with van der Waals surface area (Å²) in [4.78, 5) is 2.66. The maximum Gasteiger partial charge on any atom is 0.0904 e. The Bertz CT molecular complexity index is 294. The van der Waals surface area contributed by atoms with Crippen molar-refractivity contribution in [2.24, 2.45) is 5.92 Å². The van der Waals surface area contributed by atoms with Gasteiger partial charge in [-0.3, -0.25) is 0 Å². The van der Waals surface area contributed by atoms with Crippen molar-refractivity contribution in [3.8, 4) is 0 Å². The fourth-order valence-corrected chi connectivity index (χ4v) is 4.18. The molecule has 1 atom stereocenters. The van der Waals surface area contributed by atoms with E-state index < -0.39 is 0 Å². The van der Waals surface area contributed by atoms with Gasteiger partial charge in [0.15, 0.2) is 0 Å². The zero-order valence-electron chi connectivity index (χ0n) is 8.62. The number of rotatable bonds is 2. The summed E-state index contributed by atoms with van der Waals surface area (Å²) in [6.45, 7) is 4.14. The Labute approximate surface area is 93.5 Å². The zero-order chi connectivity index (χ0) is 10.1. The molecule has 3 heteroatoms. The molecule has 1 unspecified atom stereocenters. The van der Waals surface area contributed by atoms with Crippen molar-refractivity contribution < 1.29 is 5.11 Å². The van der Waals surface area contributed by atoms with Gasteiger partial charge in [0, 0.05) is 15.5 Å². The molecule has 14 heavy (non-hydrogen) atoms. The molecule has 2 heterocycles. The van der Waals surface area contributed by atoms with Crippen LogP contribution in [0.1, 0.15) is 35.3 Å². The SMILES string of the molecule is CC(C)C(O)c1cc2c(s1)CCSC2. The predicted octanol–water partition coefficient (Wildman–Crippen LogP) is 3.23. The first-order valence-corrected chi connectivity index (χ1v) is 7.03. The summed E-state index contributed by atoms with van der Waals surface area (Å²) in [6.07, 6.45) is 0.922. The molecule has 2 rings (SSSR count). The first-order valence-electron chi connectivity index (χ1n) is 5.05. The Kier molecular flexibility index (Phi) is 3.20. The largest absolute Gasteiger partial charge is 0.387 e. The fraction of sp³-hybridized carbons (Fsp3) is 0.636. The summed E-state index contributed by atoms with van der Waals surface area (Å²) >= 11 is 3.80. The molecular formula is C11H16OS2. The smallest absolute Gasteiger partial charge is 0.0904 e. The third-order valence-corrected chi connectivity index (χ3v) is 4.89. The van der Waals surface area contributed by atoms with Gasteiger partial charge in [0.1, 0.15) is 0 Å². The van der Waals surface area contributed by atoms with Crippen molar-refractivity contribution >= 4 is 23.1 Å². The summed E-state index contributed by atoms with van der Waals surface area (Å²) in [7, 11) is 0. The van der Waals surface area contributed by atoms with E-state index in [4.69, 9.17) is 0 Å². The summed E-state index contributed by atoms with van der Waals surface area (Å²) < 4.78 is 0.